The average molecular weight is 417 g/mol. The minimum Gasteiger partial charge on any atom is -0.379 e. The summed E-state index contributed by atoms with van der Waals surface area (Å²) in [7, 11) is 0. The van der Waals surface area contributed by atoms with E-state index in [1.807, 2.05) is 18.2 Å². The smallest absolute Gasteiger partial charge is 0.193 e. The molecule has 0 atom stereocenters. The minimum atomic E-state index is -0.439. The van der Waals surface area contributed by atoms with Crippen molar-refractivity contribution in [3.8, 4) is 0 Å². The van der Waals surface area contributed by atoms with E-state index in [4.69, 9.17) is 0 Å². The molecule has 5 heteroatoms. The van der Waals surface area contributed by atoms with E-state index in [0.29, 0.717) is 23.4 Å². The number of rotatable bonds is 10. The van der Waals surface area contributed by atoms with Crippen molar-refractivity contribution in [2.45, 2.75) is 6.42 Å². The van der Waals surface area contributed by atoms with Crippen LogP contribution in [0.4, 0.5) is 10.1 Å². The zero-order chi connectivity index (χ0) is 18.8. The molecule has 0 aliphatic rings. The quantitative estimate of drug-likeness (QED) is 0.327. The van der Waals surface area contributed by atoms with Crippen LogP contribution in [0.25, 0.3) is 0 Å². The van der Waals surface area contributed by atoms with Gasteiger partial charge in [0.05, 0.1) is 5.69 Å². The maximum atomic E-state index is 14.2. The largest absolute Gasteiger partial charge is 0.379 e. The summed E-state index contributed by atoms with van der Waals surface area (Å²) in [5, 5.41) is 6.24. The van der Waals surface area contributed by atoms with Gasteiger partial charge in [-0.05, 0) is 55.4 Å². The second-order valence-corrected chi connectivity index (χ2v) is 6.58. The Morgan fingerprint density at radius 3 is 2.46 bits per heavy atom. The van der Waals surface area contributed by atoms with Crippen molar-refractivity contribution < 1.29 is 9.18 Å². The number of ketones is 1. The molecular weight excluding hydrogens is 395 g/mol. The van der Waals surface area contributed by atoms with Crippen LogP contribution in [-0.2, 0) is 0 Å². The van der Waals surface area contributed by atoms with E-state index >= 15 is 0 Å². The number of carbonyl (C=O) groups is 1. The van der Waals surface area contributed by atoms with Crippen LogP contribution < -0.4 is 10.6 Å². The first kappa shape index (κ1) is 20.1. The topological polar surface area (TPSA) is 41.1 Å². The van der Waals surface area contributed by atoms with Gasteiger partial charge in [-0.2, -0.15) is 0 Å². The number of hydrogen-bond donors (Lipinski definition) is 2. The second-order valence-electron chi connectivity index (χ2n) is 5.66. The molecule has 136 valence electrons. The van der Waals surface area contributed by atoms with E-state index in [0.717, 1.165) is 24.0 Å². The first-order valence-electron chi connectivity index (χ1n) is 8.42. The summed E-state index contributed by atoms with van der Waals surface area (Å²) in [6.07, 6.45) is 6.72. The lowest BCUT2D eigenvalue weighted by molar-refractivity contribution is 0.103. The van der Waals surface area contributed by atoms with Crippen molar-refractivity contribution in [2.75, 3.05) is 25.0 Å². The molecule has 0 saturated carbocycles. The summed E-state index contributed by atoms with van der Waals surface area (Å²) in [6.45, 7) is 5.83. The molecule has 0 amide bonds. The van der Waals surface area contributed by atoms with Gasteiger partial charge in [0.1, 0.15) is 5.82 Å². The van der Waals surface area contributed by atoms with Gasteiger partial charge >= 0.3 is 0 Å². The highest BCUT2D eigenvalue weighted by Gasteiger charge is 2.11. The zero-order valence-corrected chi connectivity index (χ0v) is 16.1. The van der Waals surface area contributed by atoms with E-state index in [-0.39, 0.29) is 5.78 Å². The molecule has 2 rings (SSSR count). The van der Waals surface area contributed by atoms with Crippen molar-refractivity contribution in [1.29, 1.82) is 0 Å². The van der Waals surface area contributed by atoms with E-state index < -0.39 is 5.82 Å². The molecule has 0 saturated heterocycles. The molecule has 2 aromatic carbocycles. The Labute approximate surface area is 162 Å². The van der Waals surface area contributed by atoms with E-state index in [1.54, 1.807) is 36.4 Å². The molecule has 0 bridgehead atoms. The number of benzene rings is 2. The van der Waals surface area contributed by atoms with Gasteiger partial charge in [-0.25, -0.2) is 4.39 Å². The number of nitrogens with one attached hydrogen (secondary N) is 2. The fourth-order valence-corrected chi connectivity index (χ4v) is 2.56. The Morgan fingerprint density at radius 1 is 1.08 bits per heavy atom. The normalized spacial score (nSPS) is 10.8. The van der Waals surface area contributed by atoms with Crippen LogP contribution in [0.2, 0.25) is 0 Å². The highest BCUT2D eigenvalue weighted by molar-refractivity contribution is 9.10. The monoisotopic (exact) mass is 416 g/mol. The summed E-state index contributed by atoms with van der Waals surface area (Å²) >= 11 is 3.33. The first-order chi connectivity index (χ1) is 12.6. The van der Waals surface area contributed by atoms with Gasteiger partial charge in [-0.15, -0.1) is 6.58 Å². The summed E-state index contributed by atoms with van der Waals surface area (Å²) in [6, 6.07) is 11.5. The Kier molecular flexibility index (Phi) is 8.25. The van der Waals surface area contributed by atoms with Gasteiger partial charge in [-0.3, -0.25) is 4.79 Å². The van der Waals surface area contributed by atoms with Gasteiger partial charge in [0.15, 0.2) is 5.78 Å². The minimum absolute atomic E-state index is 0.201. The molecule has 0 fully saturated rings. The van der Waals surface area contributed by atoms with Gasteiger partial charge in [0.25, 0.3) is 0 Å². The van der Waals surface area contributed by atoms with Crippen molar-refractivity contribution in [2.24, 2.45) is 0 Å². The highest BCUT2D eigenvalue weighted by atomic mass is 79.9. The molecule has 2 aromatic rings. The molecular formula is C21H22BrFN2O. The third kappa shape index (κ3) is 6.24. The Bertz CT molecular complexity index is 772. The van der Waals surface area contributed by atoms with E-state index in [2.05, 4.69) is 33.1 Å². The third-order valence-electron chi connectivity index (χ3n) is 3.70. The molecule has 2 N–H and O–H groups in total. The Balaban J connectivity index is 1.88. The van der Waals surface area contributed by atoms with Crippen LogP contribution in [0.1, 0.15) is 22.3 Å². The van der Waals surface area contributed by atoms with Crippen LogP contribution in [-0.4, -0.2) is 25.4 Å². The molecule has 0 spiro atoms. The fraction of sp³-hybridized carbons (Fsp3) is 0.190. The Hall–Kier alpha value is -2.24. The van der Waals surface area contributed by atoms with Crippen LogP contribution in [0.3, 0.4) is 0 Å². The summed E-state index contributed by atoms with van der Waals surface area (Å²) in [5.74, 6) is -0.640. The molecule has 0 aromatic heterocycles. The van der Waals surface area contributed by atoms with Crippen LogP contribution in [0, 0.1) is 5.82 Å². The lowest BCUT2D eigenvalue weighted by atomic mass is 10.0. The predicted molar refractivity (Wildman–Crippen MR) is 109 cm³/mol. The molecule has 0 unspecified atom stereocenters. The van der Waals surface area contributed by atoms with Crippen molar-refractivity contribution in [3.63, 3.8) is 0 Å². The Morgan fingerprint density at radius 2 is 1.77 bits per heavy atom. The van der Waals surface area contributed by atoms with Crippen molar-refractivity contribution in [3.05, 3.63) is 88.7 Å². The lowest BCUT2D eigenvalue weighted by Gasteiger charge is -2.07. The number of anilines is 1. The molecule has 3 nitrogen and oxygen atoms in total. The SMILES string of the molecule is C=CCCNCC=CCNc1ccc(C(=O)c2ccc(Br)cc2)cc1F. The maximum Gasteiger partial charge on any atom is 0.193 e. The van der Waals surface area contributed by atoms with Gasteiger partial charge in [-0.1, -0.05) is 34.2 Å². The maximum absolute atomic E-state index is 14.2. The molecule has 0 aliphatic carbocycles. The summed E-state index contributed by atoms with van der Waals surface area (Å²) < 4.78 is 15.1. The molecule has 0 heterocycles. The summed E-state index contributed by atoms with van der Waals surface area (Å²) in [4.78, 5) is 12.4. The van der Waals surface area contributed by atoms with Crippen molar-refractivity contribution >= 4 is 27.4 Å². The van der Waals surface area contributed by atoms with E-state index in [1.165, 1.54) is 6.07 Å². The standard InChI is InChI=1S/C21H22BrFN2O/c1-2-3-12-24-13-4-5-14-25-20-11-8-17(15-19(20)23)21(26)16-6-9-18(22)10-7-16/h2,4-11,15,24-25H,1,3,12-14H2. The molecule has 26 heavy (non-hydrogen) atoms. The van der Waals surface area contributed by atoms with Gasteiger partial charge < -0.3 is 10.6 Å². The average Bonchev–Trinajstić information content (AvgIpc) is 2.65. The first-order valence-corrected chi connectivity index (χ1v) is 9.21. The highest BCUT2D eigenvalue weighted by Crippen LogP contribution is 2.19. The van der Waals surface area contributed by atoms with Crippen molar-refractivity contribution in [1.82, 2.24) is 5.32 Å². The van der Waals surface area contributed by atoms with Crippen LogP contribution in [0.5, 0.6) is 0 Å². The molecule has 0 radical (unpaired) electrons. The van der Waals surface area contributed by atoms with Gasteiger partial charge in [0.2, 0.25) is 0 Å². The van der Waals surface area contributed by atoms with Crippen LogP contribution >= 0.6 is 15.9 Å². The predicted octanol–water partition coefficient (Wildman–Crippen LogP) is 4.95. The molecule has 0 aliphatic heterocycles. The van der Waals surface area contributed by atoms with Gasteiger partial charge in [0, 0.05) is 28.7 Å². The van der Waals surface area contributed by atoms with E-state index in [9.17, 15) is 9.18 Å². The van der Waals surface area contributed by atoms with Crippen LogP contribution in [0.15, 0.2) is 71.7 Å². The fourth-order valence-electron chi connectivity index (χ4n) is 2.29. The summed E-state index contributed by atoms with van der Waals surface area (Å²) in [5.41, 5.74) is 1.24. The number of carbonyl (C=O) groups excluding carboxylic acids is 1. The number of halogens is 2. The second kappa shape index (κ2) is 10.7. The third-order valence-corrected chi connectivity index (χ3v) is 4.23. The zero-order valence-electron chi connectivity index (χ0n) is 14.5. The lowest BCUT2D eigenvalue weighted by Crippen LogP contribution is -2.14. The number of hydrogen-bond acceptors (Lipinski definition) is 3.